The Morgan fingerprint density at radius 3 is 1.83 bits per heavy atom. The number of hydrogen-bond acceptors (Lipinski definition) is 5. The molecule has 0 saturated carbocycles. The van der Waals surface area contributed by atoms with Crippen LogP contribution in [0, 0.1) is 0 Å². The summed E-state index contributed by atoms with van der Waals surface area (Å²) in [7, 11) is -4.69. The van der Waals surface area contributed by atoms with Gasteiger partial charge in [0.25, 0.3) is 0 Å². The van der Waals surface area contributed by atoms with E-state index in [1.165, 1.54) is 57.6 Å². The van der Waals surface area contributed by atoms with Crippen molar-refractivity contribution in [2.24, 2.45) is 0 Å². The summed E-state index contributed by atoms with van der Waals surface area (Å²) in [6, 6.07) is 0. The zero-order valence-electron chi connectivity index (χ0n) is 18.4. The van der Waals surface area contributed by atoms with Crippen LogP contribution in [0.3, 0.4) is 0 Å². The predicted octanol–water partition coefficient (Wildman–Crippen LogP) is 6.51. The average molecular weight is 435 g/mol. The Hall–Kier alpha value is -0.920. The Kier molecular flexibility index (Phi) is 18.5. The minimum atomic E-state index is -4.69. The molecule has 0 heterocycles. The second-order valence-corrected chi connectivity index (χ2v) is 8.69. The fraction of sp³-hybridized carbons (Fsp3) is 0.864. The molecule has 0 amide bonds. The molecular weight excluding hydrogens is 392 g/mol. The highest BCUT2D eigenvalue weighted by Crippen LogP contribution is 2.13. The SMILES string of the molecule is CCCCCCCCCCCCC=COC(=O)C(CCCCCC)OS(=O)(=O)O. The number of hydrogen-bond donors (Lipinski definition) is 1. The van der Waals surface area contributed by atoms with Gasteiger partial charge in [0.05, 0.1) is 6.26 Å². The Balaban J connectivity index is 3.89. The fourth-order valence-corrected chi connectivity index (χ4v) is 3.59. The van der Waals surface area contributed by atoms with Crippen LogP contribution in [0.15, 0.2) is 12.3 Å². The van der Waals surface area contributed by atoms with Gasteiger partial charge in [-0.3, -0.25) is 4.55 Å². The van der Waals surface area contributed by atoms with Crippen molar-refractivity contribution in [1.82, 2.24) is 0 Å². The zero-order valence-corrected chi connectivity index (χ0v) is 19.3. The van der Waals surface area contributed by atoms with E-state index in [-0.39, 0.29) is 6.42 Å². The molecule has 0 saturated heterocycles. The van der Waals surface area contributed by atoms with Gasteiger partial charge in [0.1, 0.15) is 0 Å². The Bertz CT molecular complexity index is 515. The van der Waals surface area contributed by atoms with Crippen LogP contribution in [0.1, 0.15) is 117 Å². The third-order valence-electron chi connectivity index (χ3n) is 4.83. The van der Waals surface area contributed by atoms with Gasteiger partial charge >= 0.3 is 16.4 Å². The standard InChI is InChI=1S/C22H42O6S/c1-3-5-7-9-10-11-12-13-14-15-16-18-20-27-22(23)21(28-29(24,25)26)19-17-8-6-4-2/h18,20-21H,3-17,19H2,1-2H3,(H,24,25,26). The maximum Gasteiger partial charge on any atom is 0.398 e. The first-order valence-corrected chi connectivity index (χ1v) is 12.8. The summed E-state index contributed by atoms with van der Waals surface area (Å²) in [6.07, 6.45) is 19.0. The average Bonchev–Trinajstić information content (AvgIpc) is 2.66. The maximum absolute atomic E-state index is 12.0. The molecule has 1 N–H and O–H groups in total. The van der Waals surface area contributed by atoms with Crippen LogP contribution in [0.25, 0.3) is 0 Å². The van der Waals surface area contributed by atoms with Gasteiger partial charge in [0, 0.05) is 0 Å². The maximum atomic E-state index is 12.0. The normalized spacial score (nSPS) is 13.1. The summed E-state index contributed by atoms with van der Waals surface area (Å²) in [4.78, 5) is 12.0. The molecule has 172 valence electrons. The summed E-state index contributed by atoms with van der Waals surface area (Å²) >= 11 is 0. The van der Waals surface area contributed by atoms with Gasteiger partial charge in [-0.1, -0.05) is 97.3 Å². The van der Waals surface area contributed by atoms with Crippen molar-refractivity contribution in [2.75, 3.05) is 0 Å². The fourth-order valence-electron chi connectivity index (χ4n) is 3.12. The number of allylic oxidation sites excluding steroid dienone is 1. The largest absolute Gasteiger partial charge is 0.433 e. The molecule has 0 spiro atoms. The third-order valence-corrected chi connectivity index (χ3v) is 5.30. The number of unbranched alkanes of at least 4 members (excludes halogenated alkanes) is 13. The summed E-state index contributed by atoms with van der Waals surface area (Å²) in [5.74, 6) is -0.793. The van der Waals surface area contributed by atoms with Gasteiger partial charge in [-0.25, -0.2) is 8.98 Å². The Labute approximate surface area is 178 Å². The van der Waals surface area contributed by atoms with Crippen LogP contribution < -0.4 is 0 Å². The van der Waals surface area contributed by atoms with E-state index in [0.717, 1.165) is 38.5 Å². The van der Waals surface area contributed by atoms with Crippen molar-refractivity contribution in [3.05, 3.63) is 12.3 Å². The predicted molar refractivity (Wildman–Crippen MR) is 117 cm³/mol. The molecular formula is C22H42O6S. The molecule has 0 aromatic heterocycles. The van der Waals surface area contributed by atoms with Crippen LogP contribution in [-0.2, 0) is 24.1 Å². The first-order chi connectivity index (χ1) is 13.9. The van der Waals surface area contributed by atoms with E-state index in [0.29, 0.717) is 6.42 Å². The van der Waals surface area contributed by atoms with Crippen LogP contribution >= 0.6 is 0 Å². The molecule has 0 fully saturated rings. The highest BCUT2D eigenvalue weighted by Gasteiger charge is 2.25. The molecule has 0 bridgehead atoms. The number of esters is 1. The molecule has 0 aliphatic heterocycles. The Morgan fingerprint density at radius 1 is 0.828 bits per heavy atom. The van der Waals surface area contributed by atoms with Crippen molar-refractivity contribution >= 4 is 16.4 Å². The van der Waals surface area contributed by atoms with Gasteiger partial charge in [-0.05, 0) is 25.3 Å². The van der Waals surface area contributed by atoms with E-state index in [4.69, 9.17) is 9.29 Å². The summed E-state index contributed by atoms with van der Waals surface area (Å²) in [5.41, 5.74) is 0. The minimum Gasteiger partial charge on any atom is -0.433 e. The number of rotatable bonds is 20. The molecule has 0 aliphatic rings. The van der Waals surface area contributed by atoms with E-state index in [2.05, 4.69) is 18.0 Å². The van der Waals surface area contributed by atoms with Crippen molar-refractivity contribution in [3.8, 4) is 0 Å². The van der Waals surface area contributed by atoms with Gasteiger partial charge in [-0.15, -0.1) is 0 Å². The lowest BCUT2D eigenvalue weighted by Gasteiger charge is -2.12. The molecule has 7 heteroatoms. The first kappa shape index (κ1) is 28.1. The van der Waals surface area contributed by atoms with Crippen LogP contribution in [0.2, 0.25) is 0 Å². The smallest absolute Gasteiger partial charge is 0.398 e. The molecule has 0 aromatic rings. The Morgan fingerprint density at radius 2 is 1.31 bits per heavy atom. The van der Waals surface area contributed by atoms with Gasteiger partial charge in [0.15, 0.2) is 6.10 Å². The molecule has 0 radical (unpaired) electrons. The monoisotopic (exact) mass is 434 g/mol. The quantitative estimate of drug-likeness (QED) is 0.102. The number of ether oxygens (including phenoxy) is 1. The molecule has 0 aromatic carbocycles. The van der Waals surface area contributed by atoms with Gasteiger partial charge < -0.3 is 4.74 Å². The second-order valence-electron chi connectivity index (χ2n) is 7.64. The lowest BCUT2D eigenvalue weighted by molar-refractivity contribution is -0.146. The lowest BCUT2D eigenvalue weighted by Crippen LogP contribution is -2.28. The molecule has 29 heavy (non-hydrogen) atoms. The highest BCUT2D eigenvalue weighted by molar-refractivity contribution is 7.80. The van der Waals surface area contributed by atoms with Crippen molar-refractivity contribution in [3.63, 3.8) is 0 Å². The third kappa shape index (κ3) is 20.1. The summed E-state index contributed by atoms with van der Waals surface area (Å²) < 4.78 is 40.2. The van der Waals surface area contributed by atoms with Crippen LogP contribution in [0.5, 0.6) is 0 Å². The minimum absolute atomic E-state index is 0.199. The second kappa shape index (κ2) is 19.1. The molecule has 6 nitrogen and oxygen atoms in total. The van der Waals surface area contributed by atoms with E-state index < -0.39 is 22.5 Å². The van der Waals surface area contributed by atoms with Crippen molar-refractivity contribution < 1.29 is 26.7 Å². The molecule has 0 rings (SSSR count). The number of carbonyl (C=O) groups excluding carboxylic acids is 1. The highest BCUT2D eigenvalue weighted by atomic mass is 32.3. The molecule has 0 aliphatic carbocycles. The molecule has 1 unspecified atom stereocenters. The van der Waals surface area contributed by atoms with E-state index in [1.54, 1.807) is 6.08 Å². The summed E-state index contributed by atoms with van der Waals surface area (Å²) in [6.45, 7) is 4.29. The first-order valence-electron chi connectivity index (χ1n) is 11.4. The van der Waals surface area contributed by atoms with Gasteiger partial charge in [0.2, 0.25) is 0 Å². The van der Waals surface area contributed by atoms with E-state index in [9.17, 15) is 13.2 Å². The lowest BCUT2D eigenvalue weighted by atomic mass is 10.1. The van der Waals surface area contributed by atoms with E-state index in [1.807, 2.05) is 0 Å². The van der Waals surface area contributed by atoms with Gasteiger partial charge in [-0.2, -0.15) is 8.42 Å². The molecule has 1 atom stereocenters. The van der Waals surface area contributed by atoms with E-state index >= 15 is 0 Å². The van der Waals surface area contributed by atoms with Crippen LogP contribution in [0.4, 0.5) is 0 Å². The van der Waals surface area contributed by atoms with Crippen LogP contribution in [-0.4, -0.2) is 25.0 Å². The zero-order chi connectivity index (χ0) is 21.8. The van der Waals surface area contributed by atoms with Crippen molar-refractivity contribution in [2.45, 2.75) is 123 Å². The number of carbonyl (C=O) groups is 1. The topological polar surface area (TPSA) is 89.9 Å². The summed E-state index contributed by atoms with van der Waals surface area (Å²) in [5, 5.41) is 0. The van der Waals surface area contributed by atoms with Crippen molar-refractivity contribution in [1.29, 1.82) is 0 Å².